The van der Waals surface area contributed by atoms with Gasteiger partial charge in [-0.05, 0) is 0 Å². The minimum Gasteiger partial charge on any atom is -0.481 e. The maximum atomic E-state index is 9.76. The number of carboxylic acids is 1. The molecule has 1 N–H and O–H groups in total. The minimum absolute atomic E-state index is 0.0651. The fourth-order valence-corrected chi connectivity index (χ4v) is 0.229. The second-order valence-electron chi connectivity index (χ2n) is 1.18. The van der Waals surface area contributed by atoms with E-state index in [0.717, 1.165) is 0 Å². The van der Waals surface area contributed by atoms with Crippen molar-refractivity contribution < 1.29 is 9.90 Å². The lowest BCUT2D eigenvalue weighted by Gasteiger charge is -1.75. The summed E-state index contributed by atoms with van der Waals surface area (Å²) in [4.78, 5) is 9.76. The first-order valence-corrected chi connectivity index (χ1v) is 2.25. The molecular weight excluding hydrogens is 104 g/mol. The van der Waals surface area contributed by atoms with Crippen LogP contribution < -0.4 is 0 Å². The van der Waals surface area contributed by atoms with Gasteiger partial charge in [-0.15, -0.1) is 0 Å². The molecule has 0 atom stereocenters. The molecule has 0 rings (SSSR count). The van der Waals surface area contributed by atoms with Gasteiger partial charge in [-0.1, -0.05) is 18.8 Å². The molecule has 0 aromatic rings. The van der Waals surface area contributed by atoms with Gasteiger partial charge in [0.25, 0.3) is 0 Å². The van der Waals surface area contributed by atoms with E-state index in [2.05, 4.69) is 11.8 Å². The monoisotopic (exact) mass is 111 g/mol. The average molecular weight is 111 g/mol. The van der Waals surface area contributed by atoms with Gasteiger partial charge in [-0.3, -0.25) is 4.79 Å². The lowest BCUT2D eigenvalue weighted by atomic mass is 10.4. The van der Waals surface area contributed by atoms with E-state index in [-0.39, 0.29) is 6.42 Å². The average Bonchev–Trinajstić information content (AvgIpc) is 1.66. The van der Waals surface area contributed by atoms with Gasteiger partial charge >= 0.3 is 5.97 Å². The van der Waals surface area contributed by atoms with Crippen molar-refractivity contribution in [2.24, 2.45) is 0 Å². The molecule has 43 valence electrons. The molecule has 0 unspecified atom stereocenters. The molecule has 0 aromatic carbocycles. The van der Waals surface area contributed by atoms with Crippen molar-refractivity contribution in [1.29, 1.82) is 0 Å². The summed E-state index contributed by atoms with van der Waals surface area (Å²) >= 11 is 0. The first-order valence-electron chi connectivity index (χ1n) is 2.25. The number of carbonyl (C=O) groups is 1. The Morgan fingerprint density at radius 1 is 1.88 bits per heavy atom. The highest BCUT2D eigenvalue weighted by Crippen LogP contribution is 1.73. The van der Waals surface area contributed by atoms with Crippen molar-refractivity contribution in [2.45, 2.75) is 13.3 Å². The van der Waals surface area contributed by atoms with Gasteiger partial charge in [0.2, 0.25) is 0 Å². The minimum atomic E-state index is -0.876. The summed E-state index contributed by atoms with van der Waals surface area (Å²) in [5.74, 6) is 4.08. The van der Waals surface area contributed by atoms with E-state index < -0.39 is 5.97 Å². The molecular formula is C6H7O2. The van der Waals surface area contributed by atoms with E-state index >= 15 is 0 Å². The van der Waals surface area contributed by atoms with Crippen LogP contribution in [0.15, 0.2) is 0 Å². The molecule has 2 nitrogen and oxygen atoms in total. The number of carboxylic acid groups (broad SMARTS) is 1. The number of rotatable bonds is 1. The molecule has 0 spiro atoms. The Bertz CT molecular complexity index is 127. The molecule has 0 aliphatic carbocycles. The van der Waals surface area contributed by atoms with E-state index in [1.54, 1.807) is 13.3 Å². The molecule has 2 heteroatoms. The first-order chi connectivity index (χ1) is 3.77. The molecule has 0 aliphatic rings. The zero-order chi connectivity index (χ0) is 6.41. The van der Waals surface area contributed by atoms with Crippen molar-refractivity contribution in [1.82, 2.24) is 0 Å². The van der Waals surface area contributed by atoms with E-state index in [1.807, 2.05) is 0 Å². The first kappa shape index (κ1) is 7.03. The highest BCUT2D eigenvalue weighted by molar-refractivity contribution is 5.69. The summed E-state index contributed by atoms with van der Waals surface area (Å²) in [6, 6.07) is 0. The molecule has 8 heavy (non-hydrogen) atoms. The SMILES string of the molecule is C[CH]C#CCC(=O)O. The van der Waals surface area contributed by atoms with Crippen LogP contribution in [-0.4, -0.2) is 11.1 Å². The molecule has 1 radical (unpaired) electrons. The molecule has 0 aromatic heterocycles. The summed E-state index contributed by atoms with van der Waals surface area (Å²) in [5.41, 5.74) is 0. The molecule has 0 heterocycles. The Morgan fingerprint density at radius 3 is 2.88 bits per heavy atom. The largest absolute Gasteiger partial charge is 0.481 e. The normalized spacial score (nSPS) is 7.12. The summed E-state index contributed by atoms with van der Waals surface area (Å²) in [6.45, 7) is 1.76. The van der Waals surface area contributed by atoms with E-state index in [0.29, 0.717) is 0 Å². The van der Waals surface area contributed by atoms with Crippen molar-refractivity contribution in [3.8, 4) is 11.8 Å². The summed E-state index contributed by atoms with van der Waals surface area (Å²) in [5, 5.41) is 8.02. The van der Waals surface area contributed by atoms with Crippen LogP contribution in [0.3, 0.4) is 0 Å². The van der Waals surface area contributed by atoms with Gasteiger partial charge in [-0.2, -0.15) is 0 Å². The summed E-state index contributed by atoms with van der Waals surface area (Å²) < 4.78 is 0. The van der Waals surface area contributed by atoms with Crippen LogP contribution in [0.25, 0.3) is 0 Å². The molecule has 0 aliphatic heterocycles. The molecule has 0 bridgehead atoms. The maximum absolute atomic E-state index is 9.76. The predicted octanol–water partition coefficient (Wildman–Crippen LogP) is 0.689. The quantitative estimate of drug-likeness (QED) is 0.505. The summed E-state index contributed by atoms with van der Waals surface area (Å²) in [7, 11) is 0. The van der Waals surface area contributed by atoms with Crippen molar-refractivity contribution in [3.63, 3.8) is 0 Å². The van der Waals surface area contributed by atoms with Gasteiger partial charge in [0.1, 0.15) is 6.42 Å². The molecule has 0 saturated heterocycles. The Balaban J connectivity index is 3.29. The zero-order valence-electron chi connectivity index (χ0n) is 4.64. The van der Waals surface area contributed by atoms with E-state index in [4.69, 9.17) is 5.11 Å². The van der Waals surface area contributed by atoms with Crippen LogP contribution in [0.5, 0.6) is 0 Å². The molecule has 0 saturated carbocycles. The van der Waals surface area contributed by atoms with Crippen LogP contribution in [0.1, 0.15) is 13.3 Å². The third-order valence-electron chi connectivity index (χ3n) is 0.486. The van der Waals surface area contributed by atoms with Gasteiger partial charge in [0.15, 0.2) is 0 Å². The maximum Gasteiger partial charge on any atom is 0.315 e. The Morgan fingerprint density at radius 2 is 2.50 bits per heavy atom. The number of hydrogen-bond acceptors (Lipinski definition) is 1. The van der Waals surface area contributed by atoms with Crippen molar-refractivity contribution >= 4 is 5.97 Å². The van der Waals surface area contributed by atoms with Gasteiger partial charge in [0, 0.05) is 6.42 Å². The Labute approximate surface area is 48.5 Å². The van der Waals surface area contributed by atoms with Crippen LogP contribution >= 0.6 is 0 Å². The highest BCUT2D eigenvalue weighted by Gasteiger charge is 1.86. The smallest absolute Gasteiger partial charge is 0.315 e. The van der Waals surface area contributed by atoms with E-state index in [1.165, 1.54) is 0 Å². The van der Waals surface area contributed by atoms with Crippen LogP contribution in [0.4, 0.5) is 0 Å². The Hall–Kier alpha value is -0.970. The third kappa shape index (κ3) is 5.03. The molecule has 0 amide bonds. The second-order valence-corrected chi connectivity index (χ2v) is 1.18. The predicted molar refractivity (Wildman–Crippen MR) is 30.0 cm³/mol. The summed E-state index contributed by atoms with van der Waals surface area (Å²) in [6.07, 6.45) is 1.55. The topological polar surface area (TPSA) is 37.3 Å². The van der Waals surface area contributed by atoms with Gasteiger partial charge < -0.3 is 5.11 Å². The zero-order valence-corrected chi connectivity index (χ0v) is 4.64. The fourth-order valence-electron chi connectivity index (χ4n) is 0.229. The number of aliphatic carboxylic acids is 1. The van der Waals surface area contributed by atoms with Crippen molar-refractivity contribution in [2.75, 3.05) is 0 Å². The highest BCUT2D eigenvalue weighted by atomic mass is 16.4. The second kappa shape index (κ2) is 4.20. The van der Waals surface area contributed by atoms with Crippen molar-refractivity contribution in [3.05, 3.63) is 6.42 Å². The van der Waals surface area contributed by atoms with Crippen LogP contribution in [-0.2, 0) is 4.79 Å². The lowest BCUT2D eigenvalue weighted by molar-refractivity contribution is -0.135. The van der Waals surface area contributed by atoms with Crippen LogP contribution in [0.2, 0.25) is 0 Å². The Kier molecular flexibility index (Phi) is 3.69. The van der Waals surface area contributed by atoms with Gasteiger partial charge in [0.05, 0.1) is 0 Å². The standard InChI is InChI=1S/C6H7O2/c1-2-3-4-5-6(7)8/h2H,5H2,1H3,(H,7,8). The molecule has 0 fully saturated rings. The number of hydrogen-bond donors (Lipinski definition) is 1. The van der Waals surface area contributed by atoms with Crippen LogP contribution in [0, 0.1) is 18.3 Å². The van der Waals surface area contributed by atoms with Gasteiger partial charge in [-0.25, -0.2) is 0 Å². The third-order valence-corrected chi connectivity index (χ3v) is 0.486. The van der Waals surface area contributed by atoms with E-state index in [9.17, 15) is 4.79 Å². The lowest BCUT2D eigenvalue weighted by Crippen LogP contribution is -1.89. The fraction of sp³-hybridized carbons (Fsp3) is 0.333.